The minimum Gasteiger partial charge on any atom is -0.497 e. The van der Waals surface area contributed by atoms with Crippen LogP contribution in [0.15, 0.2) is 48.5 Å². The molecular weight excluding hydrogens is 413 g/mol. The summed E-state index contributed by atoms with van der Waals surface area (Å²) in [7, 11) is 1.59. The summed E-state index contributed by atoms with van der Waals surface area (Å²) in [6.07, 6.45) is -4.77. The average Bonchev–Trinajstić information content (AvgIpc) is 3.20. The van der Waals surface area contributed by atoms with Crippen LogP contribution < -0.4 is 10.1 Å². The average molecular weight is 432 g/mol. The number of rotatable bonds is 5. The molecule has 3 aromatic rings. The fraction of sp³-hybridized carbons (Fsp3) is 0.286. The number of carbonyl (C=O) groups excluding carboxylic acids is 1. The van der Waals surface area contributed by atoms with Gasteiger partial charge in [-0.2, -0.15) is 13.2 Å². The highest BCUT2D eigenvalue weighted by atomic mass is 19.4. The molecule has 0 saturated heterocycles. The van der Waals surface area contributed by atoms with Gasteiger partial charge in [0.1, 0.15) is 11.9 Å². The van der Waals surface area contributed by atoms with Crippen molar-refractivity contribution in [1.29, 1.82) is 0 Å². The number of aromatic nitrogens is 3. The predicted octanol–water partition coefficient (Wildman–Crippen LogP) is 3.51. The first kappa shape index (κ1) is 20.9. The lowest BCUT2D eigenvalue weighted by Crippen LogP contribution is -2.28. The Kier molecular flexibility index (Phi) is 5.64. The van der Waals surface area contributed by atoms with Gasteiger partial charge in [0.2, 0.25) is 0 Å². The fourth-order valence-corrected chi connectivity index (χ4v) is 3.42. The number of nitrogens with one attached hydrogen (secondary N) is 1. The summed E-state index contributed by atoms with van der Waals surface area (Å²) in [5.74, 6) is 0.122. The smallest absolute Gasteiger partial charge is 0.416 e. The molecule has 0 saturated carbocycles. The van der Waals surface area contributed by atoms with E-state index in [0.717, 1.165) is 17.4 Å². The van der Waals surface area contributed by atoms with Crippen LogP contribution in [-0.4, -0.2) is 28.0 Å². The van der Waals surface area contributed by atoms with E-state index in [1.807, 2.05) is 24.3 Å². The van der Waals surface area contributed by atoms with Crippen molar-refractivity contribution in [2.24, 2.45) is 0 Å². The van der Waals surface area contributed by atoms with E-state index in [1.54, 1.807) is 11.8 Å². The highest BCUT2D eigenvalue weighted by Crippen LogP contribution is 2.32. The summed E-state index contributed by atoms with van der Waals surface area (Å²) in [5.41, 5.74) is 0.631. The van der Waals surface area contributed by atoms with Crippen molar-refractivity contribution in [3.05, 3.63) is 76.6 Å². The van der Waals surface area contributed by atoms with Gasteiger partial charge in [-0.25, -0.2) is 4.68 Å². The molecule has 0 unspecified atom stereocenters. The molecule has 1 aliphatic rings. The molecule has 4 rings (SSSR count). The zero-order chi connectivity index (χ0) is 22.0. The van der Waals surface area contributed by atoms with Crippen molar-refractivity contribution in [3.63, 3.8) is 0 Å². The number of halogens is 3. The number of ether oxygens (including phenoxy) is 2. The number of benzene rings is 2. The predicted molar refractivity (Wildman–Crippen MR) is 103 cm³/mol. The van der Waals surface area contributed by atoms with Crippen LogP contribution in [0.4, 0.5) is 13.2 Å². The van der Waals surface area contributed by atoms with Crippen molar-refractivity contribution in [2.45, 2.75) is 32.0 Å². The molecule has 0 spiro atoms. The first-order chi connectivity index (χ1) is 14.9. The number of nitrogens with zero attached hydrogens (tertiary/aromatic N) is 3. The van der Waals surface area contributed by atoms with Gasteiger partial charge >= 0.3 is 6.18 Å². The molecule has 2 aromatic carbocycles. The topological polar surface area (TPSA) is 78.3 Å². The summed E-state index contributed by atoms with van der Waals surface area (Å²) in [5, 5.41) is 10.4. The highest BCUT2D eigenvalue weighted by molar-refractivity contribution is 5.93. The number of carbonyl (C=O) groups is 1. The lowest BCUT2D eigenvalue weighted by atomic mass is 10.1. The first-order valence-corrected chi connectivity index (χ1v) is 9.48. The van der Waals surface area contributed by atoms with Crippen LogP contribution in [0.1, 0.15) is 39.0 Å². The molecule has 162 valence electrons. The molecule has 0 radical (unpaired) electrons. The Morgan fingerprint density at radius 2 is 1.97 bits per heavy atom. The van der Waals surface area contributed by atoms with Gasteiger partial charge in [0.15, 0.2) is 5.69 Å². The summed E-state index contributed by atoms with van der Waals surface area (Å²) in [6, 6.07) is 12.5. The minimum atomic E-state index is -4.50. The minimum absolute atomic E-state index is 0.0276. The summed E-state index contributed by atoms with van der Waals surface area (Å²) in [6.45, 7) is 0.181. The van der Waals surface area contributed by atoms with E-state index in [4.69, 9.17) is 9.47 Å². The second-order valence-electron chi connectivity index (χ2n) is 6.98. The Balaban J connectivity index is 1.45. The van der Waals surface area contributed by atoms with E-state index in [0.29, 0.717) is 12.2 Å². The lowest BCUT2D eigenvalue weighted by molar-refractivity contribution is -0.138. The molecule has 0 fully saturated rings. The fourth-order valence-electron chi connectivity index (χ4n) is 3.42. The third-order valence-electron chi connectivity index (χ3n) is 5.06. The molecule has 7 nitrogen and oxygen atoms in total. The monoisotopic (exact) mass is 432 g/mol. The van der Waals surface area contributed by atoms with Crippen molar-refractivity contribution >= 4 is 5.91 Å². The van der Waals surface area contributed by atoms with Gasteiger partial charge in [-0.15, -0.1) is 5.10 Å². The third-order valence-corrected chi connectivity index (χ3v) is 5.06. The van der Waals surface area contributed by atoms with Crippen LogP contribution in [0.3, 0.4) is 0 Å². The Labute approximate surface area is 175 Å². The molecule has 31 heavy (non-hydrogen) atoms. The van der Waals surface area contributed by atoms with Crippen molar-refractivity contribution in [3.8, 4) is 5.75 Å². The number of amides is 1. The lowest BCUT2D eigenvalue weighted by Gasteiger charge is -2.24. The van der Waals surface area contributed by atoms with E-state index in [2.05, 4.69) is 15.6 Å². The maximum absolute atomic E-state index is 13.1. The SMILES string of the molecule is COc1ccc([C@@H]2Cn3nnc(C(=O)NCc4ccccc4C(F)(F)F)c3CO2)cc1. The van der Waals surface area contributed by atoms with Gasteiger partial charge in [0.05, 0.1) is 31.5 Å². The van der Waals surface area contributed by atoms with Gasteiger partial charge in [0, 0.05) is 6.54 Å². The Bertz CT molecular complexity index is 1080. The van der Waals surface area contributed by atoms with Crippen LogP contribution in [0.2, 0.25) is 0 Å². The van der Waals surface area contributed by atoms with Gasteiger partial charge in [-0.3, -0.25) is 4.79 Å². The second-order valence-corrected chi connectivity index (χ2v) is 6.98. The normalized spacial score (nSPS) is 15.9. The van der Waals surface area contributed by atoms with E-state index in [1.165, 1.54) is 18.2 Å². The van der Waals surface area contributed by atoms with Crippen LogP contribution >= 0.6 is 0 Å². The van der Waals surface area contributed by atoms with Crippen molar-refractivity contribution < 1.29 is 27.4 Å². The molecule has 10 heteroatoms. The zero-order valence-corrected chi connectivity index (χ0v) is 16.5. The second kappa shape index (κ2) is 8.38. The molecule has 1 aromatic heterocycles. The highest BCUT2D eigenvalue weighted by Gasteiger charge is 2.33. The summed E-state index contributed by atoms with van der Waals surface area (Å²) in [4.78, 5) is 12.6. The van der Waals surface area contributed by atoms with E-state index < -0.39 is 17.6 Å². The number of methoxy groups -OCH3 is 1. The molecular formula is C21H19F3N4O3. The van der Waals surface area contributed by atoms with Crippen LogP contribution in [0, 0.1) is 0 Å². The van der Waals surface area contributed by atoms with Gasteiger partial charge < -0.3 is 14.8 Å². The van der Waals surface area contributed by atoms with Crippen molar-refractivity contribution in [1.82, 2.24) is 20.3 Å². The standard InChI is InChI=1S/C21H19F3N4O3/c1-30-15-8-6-13(7-9-15)18-11-28-17(12-31-18)19(26-27-28)20(29)25-10-14-4-2-3-5-16(14)21(22,23)24/h2-9,18H,10-12H2,1H3,(H,25,29)/t18-/m0/s1. The quantitative estimate of drug-likeness (QED) is 0.668. The van der Waals surface area contributed by atoms with Gasteiger partial charge in [-0.1, -0.05) is 35.5 Å². The summed E-state index contributed by atoms with van der Waals surface area (Å²) < 4.78 is 52.0. The molecule has 1 N–H and O–H groups in total. The number of hydrogen-bond acceptors (Lipinski definition) is 5. The maximum atomic E-state index is 13.1. The van der Waals surface area contributed by atoms with Crippen LogP contribution in [-0.2, 0) is 30.6 Å². The molecule has 1 aliphatic heterocycles. The number of alkyl halides is 3. The van der Waals surface area contributed by atoms with Crippen LogP contribution in [0.5, 0.6) is 5.75 Å². The van der Waals surface area contributed by atoms with Gasteiger partial charge in [-0.05, 0) is 29.3 Å². The van der Waals surface area contributed by atoms with E-state index >= 15 is 0 Å². The Morgan fingerprint density at radius 3 is 2.68 bits per heavy atom. The zero-order valence-electron chi connectivity index (χ0n) is 16.5. The van der Waals surface area contributed by atoms with Crippen molar-refractivity contribution in [2.75, 3.05) is 7.11 Å². The summed E-state index contributed by atoms with van der Waals surface area (Å²) >= 11 is 0. The molecule has 1 amide bonds. The van der Waals surface area contributed by atoms with Gasteiger partial charge in [0.25, 0.3) is 5.91 Å². The number of hydrogen-bond donors (Lipinski definition) is 1. The van der Waals surface area contributed by atoms with E-state index in [9.17, 15) is 18.0 Å². The van der Waals surface area contributed by atoms with E-state index in [-0.39, 0.29) is 30.5 Å². The molecule has 0 aliphatic carbocycles. The molecule has 0 bridgehead atoms. The molecule has 2 heterocycles. The Hall–Kier alpha value is -3.40. The largest absolute Gasteiger partial charge is 0.497 e. The third kappa shape index (κ3) is 4.38. The number of fused-ring (bicyclic) bond motifs is 1. The maximum Gasteiger partial charge on any atom is 0.416 e. The first-order valence-electron chi connectivity index (χ1n) is 9.48. The Morgan fingerprint density at radius 1 is 1.23 bits per heavy atom. The van der Waals surface area contributed by atoms with Crippen LogP contribution in [0.25, 0.3) is 0 Å². The molecule has 1 atom stereocenters.